The number of benzene rings is 1. The molecule has 7 nitrogen and oxygen atoms in total. The van der Waals surface area contributed by atoms with Gasteiger partial charge >= 0.3 is 5.97 Å². The fraction of sp³-hybridized carbons (Fsp3) is 0.400. The monoisotopic (exact) mass is 377 g/mol. The number of anilines is 1. The van der Waals surface area contributed by atoms with Gasteiger partial charge in [0.15, 0.2) is 0 Å². The summed E-state index contributed by atoms with van der Waals surface area (Å²) in [7, 11) is 0. The summed E-state index contributed by atoms with van der Waals surface area (Å²) in [6, 6.07) is 6.70. The number of carbonyl (C=O) groups is 3. The molecular weight excluding hydrogens is 357 g/mol. The number of aliphatic carboxylic acids is 1. The van der Waals surface area contributed by atoms with Crippen LogP contribution in [0.3, 0.4) is 0 Å². The minimum atomic E-state index is -1.11. The smallest absolute Gasteiger partial charge is 0.322 e. The van der Waals surface area contributed by atoms with Crippen molar-refractivity contribution < 1.29 is 19.5 Å². The number of rotatable bonds is 9. The van der Waals surface area contributed by atoms with E-state index < -0.39 is 18.4 Å². The second-order valence-corrected chi connectivity index (χ2v) is 5.37. The van der Waals surface area contributed by atoms with E-state index in [0.29, 0.717) is 17.3 Å². The number of halogens is 2. The van der Waals surface area contributed by atoms with Crippen molar-refractivity contribution in [3.63, 3.8) is 0 Å². The number of amides is 2. The second kappa shape index (κ2) is 11.7. The van der Waals surface area contributed by atoms with E-state index in [4.69, 9.17) is 16.7 Å². The fourth-order valence-electron chi connectivity index (χ4n) is 1.90. The lowest BCUT2D eigenvalue weighted by Gasteiger charge is -2.20. The Hall–Kier alpha value is -1.83. The first-order chi connectivity index (χ1) is 10.9. The first-order valence-electron chi connectivity index (χ1n) is 7.17. The van der Waals surface area contributed by atoms with Crippen LogP contribution in [-0.2, 0) is 14.4 Å². The SMILES string of the molecule is CCCN(CC(=O)NCC(=O)O)CC(=O)Nc1ccc(Cl)cc1.Cl. The normalized spacial score (nSPS) is 9.96. The molecule has 0 spiro atoms. The van der Waals surface area contributed by atoms with Crippen LogP contribution in [-0.4, -0.2) is 54.0 Å². The highest BCUT2D eigenvalue weighted by atomic mass is 35.5. The summed E-state index contributed by atoms with van der Waals surface area (Å²) in [5.74, 6) is -1.80. The molecule has 1 aromatic rings. The van der Waals surface area contributed by atoms with Gasteiger partial charge in [-0.2, -0.15) is 0 Å². The van der Waals surface area contributed by atoms with Crippen molar-refractivity contribution >= 4 is 47.5 Å². The summed E-state index contributed by atoms with van der Waals surface area (Å²) in [5, 5.41) is 14.1. The largest absolute Gasteiger partial charge is 0.480 e. The summed E-state index contributed by atoms with van der Waals surface area (Å²) in [5.41, 5.74) is 0.617. The minimum Gasteiger partial charge on any atom is -0.480 e. The van der Waals surface area contributed by atoms with Crippen molar-refractivity contribution in [2.24, 2.45) is 0 Å². The Kier molecular flexibility index (Phi) is 10.8. The van der Waals surface area contributed by atoms with Crippen molar-refractivity contribution in [2.75, 3.05) is 31.5 Å². The van der Waals surface area contributed by atoms with Crippen LogP contribution >= 0.6 is 24.0 Å². The van der Waals surface area contributed by atoms with E-state index >= 15 is 0 Å². The molecule has 0 atom stereocenters. The van der Waals surface area contributed by atoms with Gasteiger partial charge < -0.3 is 15.7 Å². The third-order valence-electron chi connectivity index (χ3n) is 2.84. The molecule has 0 bridgehead atoms. The molecule has 1 rings (SSSR count). The second-order valence-electron chi connectivity index (χ2n) is 4.94. The molecule has 1 aromatic carbocycles. The molecule has 0 heterocycles. The van der Waals surface area contributed by atoms with Crippen molar-refractivity contribution in [1.82, 2.24) is 10.2 Å². The van der Waals surface area contributed by atoms with Gasteiger partial charge in [-0.25, -0.2) is 0 Å². The maximum atomic E-state index is 12.0. The molecule has 0 saturated carbocycles. The molecule has 0 radical (unpaired) electrons. The molecule has 24 heavy (non-hydrogen) atoms. The van der Waals surface area contributed by atoms with E-state index in [1.54, 1.807) is 29.2 Å². The molecule has 0 aliphatic heterocycles. The van der Waals surface area contributed by atoms with Crippen LogP contribution in [0.5, 0.6) is 0 Å². The third kappa shape index (κ3) is 9.34. The first kappa shape index (κ1) is 22.2. The van der Waals surface area contributed by atoms with Gasteiger partial charge in [0.2, 0.25) is 11.8 Å². The Balaban J connectivity index is 0.00000529. The Bertz CT molecular complexity index is 552. The summed E-state index contributed by atoms with van der Waals surface area (Å²) in [6.45, 7) is 2.05. The quantitative estimate of drug-likeness (QED) is 0.607. The molecule has 0 aliphatic carbocycles. The van der Waals surface area contributed by atoms with Crippen LogP contribution in [0, 0.1) is 0 Å². The van der Waals surface area contributed by atoms with E-state index in [2.05, 4.69) is 10.6 Å². The molecule has 9 heteroatoms. The number of carboxylic acids is 1. The molecule has 0 fully saturated rings. The van der Waals surface area contributed by atoms with Crippen LogP contribution in [0.2, 0.25) is 5.02 Å². The average molecular weight is 378 g/mol. The minimum absolute atomic E-state index is 0. The maximum absolute atomic E-state index is 12.0. The van der Waals surface area contributed by atoms with Gasteiger partial charge in [0, 0.05) is 10.7 Å². The van der Waals surface area contributed by atoms with Crippen molar-refractivity contribution in [1.29, 1.82) is 0 Å². The Morgan fingerprint density at radius 3 is 2.25 bits per heavy atom. The predicted molar refractivity (Wildman–Crippen MR) is 94.7 cm³/mol. The number of nitrogens with one attached hydrogen (secondary N) is 2. The summed E-state index contributed by atoms with van der Waals surface area (Å²) >= 11 is 5.78. The number of hydrogen-bond donors (Lipinski definition) is 3. The van der Waals surface area contributed by atoms with Gasteiger partial charge in [-0.15, -0.1) is 12.4 Å². The number of nitrogens with zero attached hydrogens (tertiary/aromatic N) is 1. The summed E-state index contributed by atoms with van der Waals surface area (Å²) in [6.07, 6.45) is 0.764. The van der Waals surface area contributed by atoms with Crippen LogP contribution in [0.25, 0.3) is 0 Å². The standard InChI is InChI=1S/C15H20ClN3O4.ClH/c1-2-7-19(9-13(20)17-8-15(22)23)10-14(21)18-12-5-3-11(16)4-6-12;/h3-6H,2,7-10H2,1H3,(H,17,20)(H,18,21)(H,22,23);1H. The van der Waals surface area contributed by atoms with Crippen LogP contribution in [0.4, 0.5) is 5.69 Å². The van der Waals surface area contributed by atoms with Crippen LogP contribution in [0.15, 0.2) is 24.3 Å². The van der Waals surface area contributed by atoms with Crippen molar-refractivity contribution in [3.05, 3.63) is 29.3 Å². The molecule has 3 N–H and O–H groups in total. The van der Waals surface area contributed by atoms with Gasteiger partial charge in [0.25, 0.3) is 0 Å². The molecular formula is C15H21Cl2N3O4. The predicted octanol–water partition coefficient (Wildman–Crippen LogP) is 1.61. The van der Waals surface area contributed by atoms with Gasteiger partial charge in [-0.3, -0.25) is 19.3 Å². The van der Waals surface area contributed by atoms with Gasteiger partial charge in [0.1, 0.15) is 6.54 Å². The van der Waals surface area contributed by atoms with Crippen LogP contribution in [0.1, 0.15) is 13.3 Å². The molecule has 0 unspecified atom stereocenters. The molecule has 0 aromatic heterocycles. The van der Waals surface area contributed by atoms with E-state index in [0.717, 1.165) is 6.42 Å². The third-order valence-corrected chi connectivity index (χ3v) is 3.09. The van der Waals surface area contributed by atoms with Crippen molar-refractivity contribution in [2.45, 2.75) is 13.3 Å². The summed E-state index contributed by atoms with van der Waals surface area (Å²) < 4.78 is 0. The maximum Gasteiger partial charge on any atom is 0.322 e. The highest BCUT2D eigenvalue weighted by molar-refractivity contribution is 6.30. The lowest BCUT2D eigenvalue weighted by Crippen LogP contribution is -2.42. The Morgan fingerprint density at radius 2 is 1.71 bits per heavy atom. The van der Waals surface area contributed by atoms with Crippen LogP contribution < -0.4 is 10.6 Å². The zero-order chi connectivity index (χ0) is 17.2. The number of carbonyl (C=O) groups excluding carboxylic acids is 2. The topological polar surface area (TPSA) is 98.7 Å². The van der Waals surface area contributed by atoms with Crippen molar-refractivity contribution in [3.8, 4) is 0 Å². The van der Waals surface area contributed by atoms with E-state index in [1.165, 1.54) is 0 Å². The number of carboxylic acid groups (broad SMARTS) is 1. The zero-order valence-corrected chi connectivity index (χ0v) is 14.8. The first-order valence-corrected chi connectivity index (χ1v) is 7.54. The molecule has 0 saturated heterocycles. The van der Waals surface area contributed by atoms with Gasteiger partial charge in [-0.1, -0.05) is 18.5 Å². The highest BCUT2D eigenvalue weighted by Crippen LogP contribution is 2.13. The zero-order valence-electron chi connectivity index (χ0n) is 13.3. The van der Waals surface area contributed by atoms with Gasteiger partial charge in [-0.05, 0) is 37.2 Å². The van der Waals surface area contributed by atoms with E-state index in [1.807, 2.05) is 6.92 Å². The van der Waals surface area contributed by atoms with E-state index in [-0.39, 0.29) is 31.4 Å². The van der Waals surface area contributed by atoms with Gasteiger partial charge in [0.05, 0.1) is 13.1 Å². The highest BCUT2D eigenvalue weighted by Gasteiger charge is 2.14. The lowest BCUT2D eigenvalue weighted by atomic mass is 10.3. The Labute approximate surface area is 151 Å². The number of hydrogen-bond acceptors (Lipinski definition) is 4. The van der Waals surface area contributed by atoms with E-state index in [9.17, 15) is 14.4 Å². The average Bonchev–Trinajstić information content (AvgIpc) is 2.47. The molecule has 134 valence electrons. The molecule has 2 amide bonds. The Morgan fingerprint density at radius 1 is 1.12 bits per heavy atom. The summed E-state index contributed by atoms with van der Waals surface area (Å²) in [4.78, 5) is 35.7. The fourth-order valence-corrected chi connectivity index (χ4v) is 2.03. The molecule has 0 aliphatic rings. The lowest BCUT2D eigenvalue weighted by molar-refractivity contribution is -0.138.